The fraction of sp³-hybridized carbons (Fsp3) is 0.562. The molecule has 1 amide bonds. The molecule has 0 bridgehead atoms. The third-order valence-corrected chi connectivity index (χ3v) is 7.13. The van der Waals surface area contributed by atoms with E-state index in [-0.39, 0.29) is 16.7 Å². The van der Waals surface area contributed by atoms with Gasteiger partial charge in [0.2, 0.25) is 5.91 Å². The Balaban J connectivity index is 1.48. The number of nitrogens with zero attached hydrogens (tertiary/aromatic N) is 2. The molecule has 2 atom stereocenters. The van der Waals surface area contributed by atoms with Crippen LogP contribution < -0.4 is 4.72 Å². The maximum absolute atomic E-state index is 12.6. The molecule has 1 aromatic heterocycles. The maximum Gasteiger partial charge on any atom is 0.266 e. The highest BCUT2D eigenvalue weighted by Gasteiger charge is 2.48. The minimum atomic E-state index is -3.91. The van der Waals surface area contributed by atoms with Gasteiger partial charge in [-0.2, -0.15) is 8.75 Å². The van der Waals surface area contributed by atoms with Crippen LogP contribution >= 0.6 is 11.7 Å². The van der Waals surface area contributed by atoms with Crippen LogP contribution in [-0.2, 0) is 14.8 Å². The Morgan fingerprint density at radius 1 is 1.17 bits per heavy atom. The molecule has 128 valence electrons. The van der Waals surface area contributed by atoms with Crippen molar-refractivity contribution in [2.24, 2.45) is 17.8 Å². The number of carbonyl (C=O) groups excluding carboxylic acids is 1. The third-order valence-electron chi connectivity index (χ3n) is 5.21. The Hall–Kier alpha value is -1.54. The van der Waals surface area contributed by atoms with Gasteiger partial charge in [-0.05, 0) is 30.4 Å². The molecule has 2 aliphatic carbocycles. The normalized spacial score (nSPS) is 24.8. The Morgan fingerprint density at radius 2 is 1.96 bits per heavy atom. The molecule has 0 spiro atoms. The summed E-state index contributed by atoms with van der Waals surface area (Å²) >= 11 is 0.963. The summed E-state index contributed by atoms with van der Waals surface area (Å²) in [4.78, 5) is 12.4. The molecule has 24 heavy (non-hydrogen) atoms. The van der Waals surface area contributed by atoms with Gasteiger partial charge in [0.25, 0.3) is 10.0 Å². The maximum atomic E-state index is 12.6. The van der Waals surface area contributed by atoms with Gasteiger partial charge in [-0.3, -0.25) is 4.79 Å². The van der Waals surface area contributed by atoms with Crippen molar-refractivity contribution < 1.29 is 13.2 Å². The summed E-state index contributed by atoms with van der Waals surface area (Å²) in [6.45, 7) is 0. The second kappa shape index (κ2) is 6.07. The van der Waals surface area contributed by atoms with Crippen LogP contribution in [0.25, 0.3) is 11.0 Å². The number of hydrogen-bond donors (Lipinski definition) is 1. The van der Waals surface area contributed by atoms with Gasteiger partial charge >= 0.3 is 0 Å². The summed E-state index contributed by atoms with van der Waals surface area (Å²) < 4.78 is 35.5. The van der Waals surface area contributed by atoms with E-state index >= 15 is 0 Å². The topological polar surface area (TPSA) is 89.0 Å². The summed E-state index contributed by atoms with van der Waals surface area (Å²) in [7, 11) is -3.91. The highest BCUT2D eigenvalue weighted by Crippen LogP contribution is 2.49. The predicted octanol–water partition coefficient (Wildman–Crippen LogP) is 2.71. The largest absolute Gasteiger partial charge is 0.274 e. The summed E-state index contributed by atoms with van der Waals surface area (Å²) in [5, 5.41) is 0. The summed E-state index contributed by atoms with van der Waals surface area (Å²) in [6.07, 6.45) is 6.89. The molecule has 4 rings (SSSR count). The molecule has 6 nitrogen and oxygen atoms in total. The lowest BCUT2D eigenvalue weighted by Gasteiger charge is -2.21. The van der Waals surface area contributed by atoms with Crippen molar-refractivity contribution in [1.82, 2.24) is 13.5 Å². The molecule has 0 aliphatic heterocycles. The van der Waals surface area contributed by atoms with E-state index in [0.29, 0.717) is 22.9 Å². The van der Waals surface area contributed by atoms with Gasteiger partial charge in [0.1, 0.15) is 15.9 Å². The number of hydrogen-bond acceptors (Lipinski definition) is 6. The molecule has 2 saturated carbocycles. The van der Waals surface area contributed by atoms with Gasteiger partial charge in [0.05, 0.1) is 11.7 Å². The Bertz CT molecular complexity index is 872. The zero-order valence-electron chi connectivity index (χ0n) is 13.1. The van der Waals surface area contributed by atoms with Crippen LogP contribution in [0.15, 0.2) is 23.1 Å². The average Bonchev–Trinajstić information content (AvgIpc) is 3.24. The molecule has 2 aliphatic rings. The van der Waals surface area contributed by atoms with E-state index in [4.69, 9.17) is 0 Å². The standard InChI is InChI=1S/C16H19N3O3S2/c20-16(12-9-11(12)10-5-2-1-3-6-10)19-24(21,22)14-8-4-7-13-15(14)18-23-17-13/h4,7-8,10-12H,1-3,5-6,9H2,(H,19,20)/t11-,12+/m0/s1. The first-order valence-electron chi connectivity index (χ1n) is 8.34. The van der Waals surface area contributed by atoms with E-state index in [1.165, 1.54) is 38.2 Å². The number of benzene rings is 1. The van der Waals surface area contributed by atoms with E-state index in [1.54, 1.807) is 12.1 Å². The monoisotopic (exact) mass is 365 g/mol. The second-order valence-electron chi connectivity index (χ2n) is 6.76. The van der Waals surface area contributed by atoms with Gasteiger partial charge in [-0.25, -0.2) is 13.1 Å². The second-order valence-corrected chi connectivity index (χ2v) is 8.94. The fourth-order valence-electron chi connectivity index (χ4n) is 3.86. The van der Waals surface area contributed by atoms with Crippen molar-refractivity contribution in [2.45, 2.75) is 43.4 Å². The van der Waals surface area contributed by atoms with Crippen LogP contribution in [0.3, 0.4) is 0 Å². The lowest BCUT2D eigenvalue weighted by molar-refractivity contribution is -0.121. The Kier molecular flexibility index (Phi) is 4.04. The smallest absolute Gasteiger partial charge is 0.266 e. The van der Waals surface area contributed by atoms with Crippen LogP contribution in [0.1, 0.15) is 38.5 Å². The average molecular weight is 365 g/mol. The van der Waals surface area contributed by atoms with Crippen LogP contribution in [0.4, 0.5) is 0 Å². The van der Waals surface area contributed by atoms with E-state index < -0.39 is 10.0 Å². The van der Waals surface area contributed by atoms with Gasteiger partial charge in [-0.1, -0.05) is 38.2 Å². The number of nitrogens with one attached hydrogen (secondary N) is 1. The summed E-state index contributed by atoms with van der Waals surface area (Å²) in [6, 6.07) is 4.79. The van der Waals surface area contributed by atoms with Crippen LogP contribution in [0.5, 0.6) is 0 Å². The van der Waals surface area contributed by atoms with Crippen LogP contribution in [-0.4, -0.2) is 23.1 Å². The Labute approximate surface area is 145 Å². The van der Waals surface area contributed by atoms with E-state index in [2.05, 4.69) is 13.5 Å². The molecular weight excluding hydrogens is 346 g/mol. The number of aromatic nitrogens is 2. The highest BCUT2D eigenvalue weighted by atomic mass is 32.2. The molecule has 2 aromatic rings. The summed E-state index contributed by atoms with van der Waals surface area (Å²) in [5.74, 6) is 0.419. The Morgan fingerprint density at radius 3 is 2.75 bits per heavy atom. The van der Waals surface area contributed by atoms with Crippen molar-refractivity contribution in [2.75, 3.05) is 0 Å². The number of fused-ring (bicyclic) bond motifs is 1. The first-order valence-corrected chi connectivity index (χ1v) is 10.6. The quantitative estimate of drug-likeness (QED) is 0.900. The number of sulfonamides is 1. The summed E-state index contributed by atoms with van der Waals surface area (Å²) in [5.41, 5.74) is 0.851. The van der Waals surface area contributed by atoms with E-state index in [9.17, 15) is 13.2 Å². The van der Waals surface area contributed by atoms with E-state index in [1.807, 2.05) is 0 Å². The SMILES string of the molecule is O=C(NS(=O)(=O)c1cccc2nsnc12)[C@@H]1C[C@H]1C1CCCCC1. The lowest BCUT2D eigenvalue weighted by Crippen LogP contribution is -2.32. The van der Waals surface area contributed by atoms with Crippen molar-refractivity contribution in [3.8, 4) is 0 Å². The molecule has 2 fully saturated rings. The molecule has 1 N–H and O–H groups in total. The minimum Gasteiger partial charge on any atom is -0.274 e. The van der Waals surface area contributed by atoms with Crippen molar-refractivity contribution >= 4 is 38.7 Å². The first-order chi connectivity index (χ1) is 11.6. The number of rotatable bonds is 4. The minimum absolute atomic E-state index is 0.0250. The third kappa shape index (κ3) is 2.93. The molecule has 1 aromatic carbocycles. The lowest BCUT2D eigenvalue weighted by atomic mass is 9.85. The first kappa shape index (κ1) is 16.0. The molecule has 0 unspecified atom stereocenters. The molecule has 1 heterocycles. The molecule has 0 radical (unpaired) electrons. The molecular formula is C16H19N3O3S2. The van der Waals surface area contributed by atoms with E-state index in [0.717, 1.165) is 18.1 Å². The van der Waals surface area contributed by atoms with Crippen LogP contribution in [0.2, 0.25) is 0 Å². The fourth-order valence-corrected chi connectivity index (χ4v) is 5.66. The molecule has 0 saturated heterocycles. The number of amides is 1. The molecule has 8 heteroatoms. The zero-order chi connectivity index (χ0) is 16.7. The zero-order valence-corrected chi connectivity index (χ0v) is 14.8. The van der Waals surface area contributed by atoms with Gasteiger partial charge in [0, 0.05) is 5.92 Å². The van der Waals surface area contributed by atoms with Crippen molar-refractivity contribution in [1.29, 1.82) is 0 Å². The van der Waals surface area contributed by atoms with Gasteiger partial charge in [-0.15, -0.1) is 0 Å². The van der Waals surface area contributed by atoms with Crippen LogP contribution in [0, 0.1) is 17.8 Å². The number of carbonyl (C=O) groups is 1. The van der Waals surface area contributed by atoms with Crippen molar-refractivity contribution in [3.63, 3.8) is 0 Å². The highest BCUT2D eigenvalue weighted by molar-refractivity contribution is 7.90. The predicted molar refractivity (Wildman–Crippen MR) is 90.9 cm³/mol. The van der Waals surface area contributed by atoms with Gasteiger partial charge in [0.15, 0.2) is 0 Å². The van der Waals surface area contributed by atoms with Gasteiger partial charge < -0.3 is 0 Å². The van der Waals surface area contributed by atoms with Crippen molar-refractivity contribution in [3.05, 3.63) is 18.2 Å².